The van der Waals surface area contributed by atoms with Crippen LogP contribution >= 0.6 is 0 Å². The highest BCUT2D eigenvalue weighted by Gasteiger charge is 2.28. The quantitative estimate of drug-likeness (QED) is 0.705. The molecule has 0 aliphatic carbocycles. The Morgan fingerprint density at radius 1 is 1.39 bits per heavy atom. The average Bonchev–Trinajstić information content (AvgIpc) is 2.28. The van der Waals surface area contributed by atoms with Gasteiger partial charge in [-0.3, -0.25) is 4.79 Å². The molecule has 1 aliphatic rings. The molecule has 18 heavy (non-hydrogen) atoms. The molecule has 2 rings (SSSR count). The van der Waals surface area contributed by atoms with Crippen LogP contribution in [0, 0.1) is 0 Å². The number of benzene rings is 1. The van der Waals surface area contributed by atoms with Crippen LogP contribution in [0.5, 0.6) is 0 Å². The number of nitrogen functional groups attached to an aromatic ring is 1. The van der Waals surface area contributed by atoms with Crippen LogP contribution in [0.4, 0.5) is 11.4 Å². The van der Waals surface area contributed by atoms with E-state index in [2.05, 4.69) is 12.2 Å². The number of carbonyl (C=O) groups is 1. The molecule has 0 aromatic heterocycles. The van der Waals surface area contributed by atoms with E-state index in [1.165, 1.54) is 0 Å². The van der Waals surface area contributed by atoms with Crippen molar-refractivity contribution in [1.82, 2.24) is 0 Å². The molecule has 0 radical (unpaired) electrons. The summed E-state index contributed by atoms with van der Waals surface area (Å²) in [6.07, 6.45) is 1.78. The first-order chi connectivity index (χ1) is 8.50. The number of nitrogens with two attached hydrogens (primary N) is 2. The first-order valence-corrected chi connectivity index (χ1v) is 6.05. The fraction of sp³-hybridized carbons (Fsp3) is 0.462. The zero-order valence-corrected chi connectivity index (χ0v) is 10.5. The van der Waals surface area contributed by atoms with Crippen LogP contribution in [0.25, 0.3) is 0 Å². The molecule has 0 bridgehead atoms. The third-order valence-corrected chi connectivity index (χ3v) is 3.34. The molecule has 98 valence electrons. The lowest BCUT2D eigenvalue weighted by atomic mass is 9.91. The van der Waals surface area contributed by atoms with Gasteiger partial charge in [-0.25, -0.2) is 0 Å². The molecule has 1 aliphatic heterocycles. The van der Waals surface area contributed by atoms with Crippen LogP contribution in [0.3, 0.4) is 0 Å². The molecule has 1 aromatic carbocycles. The van der Waals surface area contributed by atoms with Crippen molar-refractivity contribution >= 4 is 17.3 Å². The summed E-state index contributed by atoms with van der Waals surface area (Å²) in [7, 11) is 0. The van der Waals surface area contributed by atoms with Crippen molar-refractivity contribution in [2.45, 2.75) is 25.3 Å². The highest BCUT2D eigenvalue weighted by molar-refractivity contribution is 5.99. The van der Waals surface area contributed by atoms with Crippen LogP contribution in [0.1, 0.15) is 30.1 Å². The fourth-order valence-electron chi connectivity index (χ4n) is 2.15. The highest BCUT2D eigenvalue weighted by Crippen LogP contribution is 2.28. The van der Waals surface area contributed by atoms with Gasteiger partial charge in [0.05, 0.1) is 5.56 Å². The zero-order valence-electron chi connectivity index (χ0n) is 10.5. The largest absolute Gasteiger partial charge is 0.399 e. The van der Waals surface area contributed by atoms with Crippen LogP contribution in [-0.4, -0.2) is 24.7 Å². The minimum Gasteiger partial charge on any atom is -0.399 e. The Kier molecular flexibility index (Phi) is 3.43. The van der Waals surface area contributed by atoms with Crippen LogP contribution in [0.15, 0.2) is 18.2 Å². The van der Waals surface area contributed by atoms with Gasteiger partial charge in [0, 0.05) is 30.1 Å². The fourth-order valence-corrected chi connectivity index (χ4v) is 2.15. The summed E-state index contributed by atoms with van der Waals surface area (Å²) >= 11 is 0. The van der Waals surface area contributed by atoms with Crippen molar-refractivity contribution in [2.75, 3.05) is 24.3 Å². The Morgan fingerprint density at radius 3 is 2.67 bits per heavy atom. The summed E-state index contributed by atoms with van der Waals surface area (Å²) in [6.45, 7) is 3.55. The van der Waals surface area contributed by atoms with E-state index in [1.807, 2.05) is 0 Å². The van der Waals surface area contributed by atoms with Crippen molar-refractivity contribution < 1.29 is 9.53 Å². The molecule has 1 amide bonds. The third kappa shape index (κ3) is 2.73. The molecule has 0 unspecified atom stereocenters. The Hall–Kier alpha value is -1.75. The van der Waals surface area contributed by atoms with Gasteiger partial charge in [0.25, 0.3) is 5.91 Å². The second kappa shape index (κ2) is 4.86. The lowest BCUT2D eigenvalue weighted by Crippen LogP contribution is -2.41. The van der Waals surface area contributed by atoms with Gasteiger partial charge in [-0.15, -0.1) is 0 Å². The molecule has 1 heterocycles. The summed E-state index contributed by atoms with van der Waals surface area (Å²) in [4.78, 5) is 11.4. The van der Waals surface area contributed by atoms with Crippen molar-refractivity contribution in [3.8, 4) is 0 Å². The molecule has 5 nitrogen and oxygen atoms in total. The lowest BCUT2D eigenvalue weighted by molar-refractivity contribution is 0.0658. The second-order valence-corrected chi connectivity index (χ2v) is 4.97. The van der Waals surface area contributed by atoms with Gasteiger partial charge in [-0.1, -0.05) is 0 Å². The number of carbonyl (C=O) groups excluding carboxylic acids is 1. The number of hydrogen-bond donors (Lipinski definition) is 3. The molecule has 1 aromatic rings. The Labute approximate surface area is 106 Å². The van der Waals surface area contributed by atoms with Gasteiger partial charge in [-0.05, 0) is 38.0 Å². The summed E-state index contributed by atoms with van der Waals surface area (Å²) in [5, 5.41) is 3.39. The molecule has 0 atom stereocenters. The predicted octanol–water partition coefficient (Wildman–Crippen LogP) is 1.35. The molecule has 1 saturated heterocycles. The number of hydrogen-bond acceptors (Lipinski definition) is 4. The number of anilines is 2. The topological polar surface area (TPSA) is 90.4 Å². The molecule has 5 N–H and O–H groups in total. The van der Waals surface area contributed by atoms with Gasteiger partial charge in [0.1, 0.15) is 0 Å². The van der Waals surface area contributed by atoms with Crippen LogP contribution < -0.4 is 16.8 Å². The van der Waals surface area contributed by atoms with E-state index in [4.69, 9.17) is 16.2 Å². The minimum atomic E-state index is -0.451. The molecular formula is C13H19N3O2. The van der Waals surface area contributed by atoms with E-state index < -0.39 is 5.91 Å². The van der Waals surface area contributed by atoms with Gasteiger partial charge in [-0.2, -0.15) is 0 Å². The van der Waals surface area contributed by atoms with Gasteiger partial charge in [0.15, 0.2) is 0 Å². The monoisotopic (exact) mass is 249 g/mol. The highest BCUT2D eigenvalue weighted by atomic mass is 16.5. The van der Waals surface area contributed by atoms with Gasteiger partial charge in [0.2, 0.25) is 0 Å². The maximum atomic E-state index is 11.4. The lowest BCUT2D eigenvalue weighted by Gasteiger charge is -2.36. The Balaban J connectivity index is 2.26. The second-order valence-electron chi connectivity index (χ2n) is 4.97. The van der Waals surface area contributed by atoms with Crippen molar-refractivity contribution in [2.24, 2.45) is 5.73 Å². The molecule has 1 fully saturated rings. The standard InChI is InChI=1S/C13H19N3O2/c1-13(4-6-18-7-5-13)16-11-8-9(14)2-3-10(11)12(15)17/h2-3,8,16H,4-7,14H2,1H3,(H2,15,17). The minimum absolute atomic E-state index is 0.0871. The summed E-state index contributed by atoms with van der Waals surface area (Å²) in [5.74, 6) is -0.451. The number of ether oxygens (including phenoxy) is 1. The van der Waals surface area contributed by atoms with E-state index in [1.54, 1.807) is 18.2 Å². The summed E-state index contributed by atoms with van der Waals surface area (Å²) in [6, 6.07) is 5.08. The van der Waals surface area contributed by atoms with Crippen molar-refractivity contribution in [3.63, 3.8) is 0 Å². The first kappa shape index (κ1) is 12.7. The van der Waals surface area contributed by atoms with E-state index in [0.717, 1.165) is 26.1 Å². The van der Waals surface area contributed by atoms with E-state index >= 15 is 0 Å². The van der Waals surface area contributed by atoms with Crippen LogP contribution in [-0.2, 0) is 4.74 Å². The van der Waals surface area contributed by atoms with E-state index in [9.17, 15) is 4.79 Å². The Bertz CT molecular complexity index is 454. The SMILES string of the molecule is CC1(Nc2cc(N)ccc2C(N)=O)CCOCC1. The van der Waals surface area contributed by atoms with Crippen molar-refractivity contribution in [1.29, 1.82) is 0 Å². The zero-order chi connectivity index (χ0) is 13.2. The molecule has 0 saturated carbocycles. The molecular weight excluding hydrogens is 230 g/mol. The maximum absolute atomic E-state index is 11.4. The van der Waals surface area contributed by atoms with E-state index in [-0.39, 0.29) is 5.54 Å². The number of nitrogens with one attached hydrogen (secondary N) is 1. The Morgan fingerprint density at radius 2 is 2.06 bits per heavy atom. The normalized spacial score (nSPS) is 18.3. The van der Waals surface area contributed by atoms with Crippen LogP contribution in [0.2, 0.25) is 0 Å². The number of rotatable bonds is 3. The maximum Gasteiger partial charge on any atom is 0.250 e. The number of primary amides is 1. The average molecular weight is 249 g/mol. The smallest absolute Gasteiger partial charge is 0.250 e. The van der Waals surface area contributed by atoms with Crippen molar-refractivity contribution in [3.05, 3.63) is 23.8 Å². The third-order valence-electron chi connectivity index (χ3n) is 3.34. The van der Waals surface area contributed by atoms with Gasteiger partial charge >= 0.3 is 0 Å². The van der Waals surface area contributed by atoms with E-state index in [0.29, 0.717) is 16.9 Å². The number of amides is 1. The molecule has 5 heteroatoms. The molecule has 0 spiro atoms. The first-order valence-electron chi connectivity index (χ1n) is 6.05. The predicted molar refractivity (Wildman–Crippen MR) is 71.5 cm³/mol. The summed E-state index contributed by atoms with van der Waals surface area (Å²) < 4.78 is 5.35. The van der Waals surface area contributed by atoms with Gasteiger partial charge < -0.3 is 21.5 Å². The summed E-state index contributed by atoms with van der Waals surface area (Å²) in [5.41, 5.74) is 12.8.